The first-order chi connectivity index (χ1) is 10.1. The molecule has 0 atom stereocenters. The molecule has 0 saturated carbocycles. The van der Waals surface area contributed by atoms with Gasteiger partial charge >= 0.3 is 5.88 Å². The van der Waals surface area contributed by atoms with E-state index in [2.05, 4.69) is 0 Å². The van der Waals surface area contributed by atoms with Crippen molar-refractivity contribution < 1.29 is 14.1 Å². The fraction of sp³-hybridized carbons (Fsp3) is 0. The number of benzene rings is 2. The van der Waals surface area contributed by atoms with Gasteiger partial charge in [0.05, 0.1) is 0 Å². The monoisotopic (exact) mass is 301 g/mol. The van der Waals surface area contributed by atoms with Crippen molar-refractivity contribution >= 4 is 33.7 Å². The van der Waals surface area contributed by atoms with Crippen molar-refractivity contribution in [3.63, 3.8) is 0 Å². The maximum atomic E-state index is 11.3. The summed E-state index contributed by atoms with van der Waals surface area (Å²) in [5.41, 5.74) is 1.58. The van der Waals surface area contributed by atoms with E-state index >= 15 is 0 Å². The standard InChI is InChI=1S/C15H8ClNO4/c16-14(18)10-6-7-12-11(8-10)13(15(21-12)17(19)20)9-4-2-1-3-5-9/h1-8H. The Labute approximate surface area is 123 Å². The van der Waals surface area contributed by atoms with Crippen molar-refractivity contribution in [2.75, 3.05) is 0 Å². The molecule has 3 rings (SSSR count). The Balaban J connectivity index is 2.37. The third-order valence-electron chi connectivity index (χ3n) is 3.12. The highest BCUT2D eigenvalue weighted by atomic mass is 35.5. The molecular formula is C15H8ClNO4. The Morgan fingerprint density at radius 2 is 1.86 bits per heavy atom. The van der Waals surface area contributed by atoms with Crippen molar-refractivity contribution in [1.29, 1.82) is 0 Å². The van der Waals surface area contributed by atoms with Crippen molar-refractivity contribution in [1.82, 2.24) is 0 Å². The number of carbonyl (C=O) groups excluding carboxylic acids is 1. The van der Waals surface area contributed by atoms with E-state index in [9.17, 15) is 14.9 Å². The van der Waals surface area contributed by atoms with E-state index in [1.807, 2.05) is 6.07 Å². The first-order valence-corrected chi connectivity index (χ1v) is 6.42. The quantitative estimate of drug-likeness (QED) is 0.408. The fourth-order valence-corrected chi connectivity index (χ4v) is 2.34. The second kappa shape index (κ2) is 5.03. The molecule has 1 aromatic heterocycles. The molecule has 0 bridgehead atoms. The molecule has 1 heterocycles. The van der Waals surface area contributed by atoms with Gasteiger partial charge in [-0.25, -0.2) is 0 Å². The summed E-state index contributed by atoms with van der Waals surface area (Å²) in [6.07, 6.45) is 0. The van der Waals surface area contributed by atoms with Gasteiger partial charge in [0.1, 0.15) is 16.1 Å². The van der Waals surface area contributed by atoms with Crippen LogP contribution in [-0.4, -0.2) is 10.2 Å². The van der Waals surface area contributed by atoms with Gasteiger partial charge in [-0.3, -0.25) is 14.9 Å². The normalized spacial score (nSPS) is 10.7. The van der Waals surface area contributed by atoms with E-state index in [4.69, 9.17) is 16.0 Å². The smallest absolute Gasteiger partial charge is 0.400 e. The van der Waals surface area contributed by atoms with Crippen molar-refractivity contribution in [3.8, 4) is 11.1 Å². The highest BCUT2D eigenvalue weighted by Crippen LogP contribution is 2.40. The lowest BCUT2D eigenvalue weighted by Gasteiger charge is -1.98. The Kier molecular flexibility index (Phi) is 3.19. The van der Waals surface area contributed by atoms with Gasteiger partial charge in [0.2, 0.25) is 0 Å². The summed E-state index contributed by atoms with van der Waals surface area (Å²) in [6, 6.07) is 13.3. The van der Waals surface area contributed by atoms with Crippen molar-refractivity contribution in [3.05, 3.63) is 64.2 Å². The summed E-state index contributed by atoms with van der Waals surface area (Å²) < 4.78 is 5.30. The van der Waals surface area contributed by atoms with Crippen LogP contribution >= 0.6 is 11.6 Å². The number of nitrogens with zero attached hydrogens (tertiary/aromatic N) is 1. The maximum Gasteiger partial charge on any atom is 0.442 e. The van der Waals surface area contributed by atoms with Crippen LogP contribution < -0.4 is 0 Å². The van der Waals surface area contributed by atoms with E-state index < -0.39 is 10.2 Å². The molecule has 0 unspecified atom stereocenters. The highest BCUT2D eigenvalue weighted by Gasteiger charge is 2.25. The summed E-state index contributed by atoms with van der Waals surface area (Å²) in [5.74, 6) is -0.352. The molecule has 6 heteroatoms. The third-order valence-corrected chi connectivity index (χ3v) is 3.34. The zero-order chi connectivity index (χ0) is 15.0. The van der Waals surface area contributed by atoms with Crippen molar-refractivity contribution in [2.24, 2.45) is 0 Å². The van der Waals surface area contributed by atoms with Crippen LogP contribution in [0.25, 0.3) is 22.1 Å². The van der Waals surface area contributed by atoms with Gasteiger partial charge in [-0.15, -0.1) is 0 Å². The van der Waals surface area contributed by atoms with Crippen LogP contribution in [-0.2, 0) is 0 Å². The highest BCUT2D eigenvalue weighted by molar-refractivity contribution is 6.67. The number of halogens is 1. The number of fused-ring (bicyclic) bond motifs is 1. The number of hydrogen-bond donors (Lipinski definition) is 0. The van der Waals surface area contributed by atoms with Crippen LogP contribution in [0.15, 0.2) is 52.9 Å². The van der Waals surface area contributed by atoms with Crippen LogP contribution in [0.4, 0.5) is 5.88 Å². The number of rotatable bonds is 3. The van der Waals surface area contributed by atoms with E-state index in [1.54, 1.807) is 24.3 Å². The van der Waals surface area contributed by atoms with Crippen molar-refractivity contribution in [2.45, 2.75) is 0 Å². The molecule has 0 spiro atoms. The summed E-state index contributed by atoms with van der Waals surface area (Å²) in [5, 5.41) is 11.1. The summed E-state index contributed by atoms with van der Waals surface area (Å²) >= 11 is 5.47. The first-order valence-electron chi connectivity index (χ1n) is 6.04. The third kappa shape index (κ3) is 2.28. The molecule has 3 aromatic rings. The Hall–Kier alpha value is -2.66. The molecule has 0 radical (unpaired) electrons. The van der Waals surface area contributed by atoms with Gasteiger partial charge in [-0.05, 0) is 35.4 Å². The minimum atomic E-state index is -0.625. The second-order valence-electron chi connectivity index (χ2n) is 4.39. The number of hydrogen-bond acceptors (Lipinski definition) is 4. The Bertz CT molecular complexity index is 855. The van der Waals surface area contributed by atoms with Gasteiger partial charge in [0, 0.05) is 10.9 Å². The predicted octanol–water partition coefficient (Wildman–Crippen LogP) is 4.39. The number of carbonyl (C=O) groups is 1. The molecule has 5 nitrogen and oxygen atoms in total. The molecular weight excluding hydrogens is 294 g/mol. The minimum Gasteiger partial charge on any atom is -0.400 e. The molecule has 0 saturated heterocycles. The number of furan rings is 1. The van der Waals surface area contributed by atoms with Crippen LogP contribution in [0.2, 0.25) is 0 Å². The Morgan fingerprint density at radius 1 is 1.14 bits per heavy atom. The molecule has 0 N–H and O–H groups in total. The maximum absolute atomic E-state index is 11.3. The summed E-state index contributed by atoms with van der Waals surface area (Å²) in [4.78, 5) is 21.9. The average molecular weight is 302 g/mol. The molecule has 104 valence electrons. The Morgan fingerprint density at radius 3 is 2.48 bits per heavy atom. The van der Waals surface area contributed by atoms with Crippen LogP contribution in [0, 0.1) is 10.1 Å². The lowest BCUT2D eigenvalue weighted by Crippen LogP contribution is -1.89. The van der Waals surface area contributed by atoms with Gasteiger partial charge in [0.15, 0.2) is 0 Å². The van der Waals surface area contributed by atoms with Gasteiger partial charge in [-0.2, -0.15) is 0 Å². The number of nitro groups is 1. The van der Waals surface area contributed by atoms with E-state index in [0.29, 0.717) is 22.1 Å². The average Bonchev–Trinajstić information content (AvgIpc) is 2.86. The van der Waals surface area contributed by atoms with Gasteiger partial charge in [-0.1, -0.05) is 30.3 Å². The summed E-state index contributed by atoms with van der Waals surface area (Å²) in [7, 11) is 0. The van der Waals surface area contributed by atoms with Crippen LogP contribution in [0.1, 0.15) is 10.4 Å². The predicted molar refractivity (Wildman–Crippen MR) is 78.5 cm³/mol. The molecule has 0 aliphatic rings. The van der Waals surface area contributed by atoms with Gasteiger partial charge < -0.3 is 4.42 Å². The molecule has 0 aliphatic carbocycles. The van der Waals surface area contributed by atoms with Crippen LogP contribution in [0.5, 0.6) is 0 Å². The SMILES string of the molecule is O=C(Cl)c1ccc2oc([N+](=O)[O-])c(-c3ccccc3)c2c1. The zero-order valence-electron chi connectivity index (χ0n) is 10.6. The van der Waals surface area contributed by atoms with Gasteiger partial charge in [0.25, 0.3) is 5.24 Å². The topological polar surface area (TPSA) is 73.3 Å². The van der Waals surface area contributed by atoms with Crippen LogP contribution in [0.3, 0.4) is 0 Å². The molecule has 21 heavy (non-hydrogen) atoms. The fourth-order valence-electron chi connectivity index (χ4n) is 2.22. The van der Waals surface area contributed by atoms with E-state index in [0.717, 1.165) is 0 Å². The molecule has 0 amide bonds. The molecule has 2 aromatic carbocycles. The largest absolute Gasteiger partial charge is 0.442 e. The zero-order valence-corrected chi connectivity index (χ0v) is 11.3. The lowest BCUT2D eigenvalue weighted by atomic mass is 10.0. The first kappa shape index (κ1) is 13.3. The van der Waals surface area contributed by atoms with E-state index in [-0.39, 0.29) is 11.4 Å². The minimum absolute atomic E-state index is 0.261. The molecule has 0 aliphatic heterocycles. The lowest BCUT2D eigenvalue weighted by molar-refractivity contribution is -0.400. The summed E-state index contributed by atoms with van der Waals surface area (Å²) in [6.45, 7) is 0. The second-order valence-corrected chi connectivity index (χ2v) is 4.73. The molecule has 0 fully saturated rings. The van der Waals surface area contributed by atoms with E-state index in [1.165, 1.54) is 18.2 Å².